The summed E-state index contributed by atoms with van der Waals surface area (Å²) in [4.78, 5) is 55.5. The highest BCUT2D eigenvalue weighted by Crippen LogP contribution is 2.30. The number of nitrogens with one attached hydrogen (secondary N) is 1. The number of fused-ring (bicyclic) bond motifs is 1. The molecule has 1 saturated heterocycles. The summed E-state index contributed by atoms with van der Waals surface area (Å²) in [7, 11) is 0. The van der Waals surface area contributed by atoms with Crippen molar-refractivity contribution in [3.05, 3.63) is 65.6 Å². The van der Waals surface area contributed by atoms with Crippen LogP contribution in [0.2, 0.25) is 0 Å². The smallest absolute Gasteiger partial charge is 0.408 e. The maximum atomic E-state index is 14.5. The Balaban J connectivity index is 1.53. The molecular formula is C23H21FN4O5. The van der Waals surface area contributed by atoms with Crippen LogP contribution in [0.1, 0.15) is 27.6 Å². The van der Waals surface area contributed by atoms with Gasteiger partial charge < -0.3 is 25.3 Å². The number of ketones is 1. The van der Waals surface area contributed by atoms with E-state index in [0.29, 0.717) is 5.56 Å². The summed E-state index contributed by atoms with van der Waals surface area (Å²) >= 11 is 0. The third-order valence-corrected chi connectivity index (χ3v) is 5.59. The van der Waals surface area contributed by atoms with E-state index in [1.165, 1.54) is 17.2 Å². The third kappa shape index (κ3) is 4.14. The number of hydrogen-bond donors (Lipinski definition) is 2. The Morgan fingerprint density at radius 3 is 2.48 bits per heavy atom. The van der Waals surface area contributed by atoms with Crippen LogP contribution < -0.4 is 10.5 Å². The lowest BCUT2D eigenvalue weighted by Crippen LogP contribution is -2.56. The standard InChI is InChI=1S/C23H21FN4O5/c1-13-12-27(21(30)14-5-3-2-4-6-14)9-10-28(13)22(31)20(29)15-11-26-19-17(33-23(25)32)8-7-16(24)18(15)19/h2-8,11,13,26H,9-10,12H2,1H3,(H2,25,32)/t13-/m1/s1. The first-order valence-corrected chi connectivity index (χ1v) is 10.2. The number of aromatic nitrogens is 1. The number of H-pyrrole nitrogens is 1. The van der Waals surface area contributed by atoms with Gasteiger partial charge in [-0.05, 0) is 31.2 Å². The van der Waals surface area contributed by atoms with Crippen molar-refractivity contribution in [3.8, 4) is 5.75 Å². The van der Waals surface area contributed by atoms with E-state index < -0.39 is 29.6 Å². The van der Waals surface area contributed by atoms with Gasteiger partial charge in [-0.25, -0.2) is 9.18 Å². The molecule has 170 valence electrons. The Kier molecular flexibility index (Phi) is 5.82. The molecule has 10 heteroatoms. The average molecular weight is 452 g/mol. The van der Waals surface area contributed by atoms with Gasteiger partial charge in [-0.15, -0.1) is 0 Å². The van der Waals surface area contributed by atoms with Crippen molar-refractivity contribution in [1.29, 1.82) is 0 Å². The predicted molar refractivity (Wildman–Crippen MR) is 116 cm³/mol. The SMILES string of the molecule is C[C@@H]1CN(C(=O)c2ccccc2)CCN1C(=O)C(=O)c1c[nH]c2c(OC(N)=O)ccc(F)c12. The zero-order chi connectivity index (χ0) is 23.7. The molecule has 2 heterocycles. The van der Waals surface area contributed by atoms with Gasteiger partial charge in [-0.1, -0.05) is 18.2 Å². The van der Waals surface area contributed by atoms with E-state index in [9.17, 15) is 23.6 Å². The topological polar surface area (TPSA) is 126 Å². The fraction of sp³-hybridized carbons (Fsp3) is 0.217. The van der Waals surface area contributed by atoms with Crippen molar-refractivity contribution < 1.29 is 28.3 Å². The van der Waals surface area contributed by atoms with Crippen LogP contribution in [0, 0.1) is 5.82 Å². The monoisotopic (exact) mass is 452 g/mol. The molecule has 0 saturated carbocycles. The normalized spacial score (nSPS) is 16.0. The largest absolute Gasteiger partial charge is 0.410 e. The Bertz CT molecular complexity index is 1260. The molecule has 9 nitrogen and oxygen atoms in total. The van der Waals surface area contributed by atoms with E-state index >= 15 is 0 Å². The minimum Gasteiger partial charge on any atom is -0.408 e. The van der Waals surface area contributed by atoms with Gasteiger partial charge in [-0.3, -0.25) is 14.4 Å². The highest BCUT2D eigenvalue weighted by molar-refractivity contribution is 6.45. The molecule has 2 aromatic carbocycles. The number of ether oxygens (including phenoxy) is 1. The van der Waals surface area contributed by atoms with Crippen molar-refractivity contribution in [3.63, 3.8) is 0 Å². The van der Waals surface area contributed by atoms with E-state index in [1.54, 1.807) is 36.1 Å². The van der Waals surface area contributed by atoms with Crippen LogP contribution in [-0.4, -0.2) is 64.2 Å². The molecule has 1 fully saturated rings. The van der Waals surface area contributed by atoms with Gasteiger partial charge in [0.2, 0.25) is 0 Å². The van der Waals surface area contributed by atoms with Gasteiger partial charge in [0.25, 0.3) is 17.6 Å². The molecular weight excluding hydrogens is 431 g/mol. The second-order valence-electron chi connectivity index (χ2n) is 7.71. The van der Waals surface area contributed by atoms with Gasteiger partial charge in [0.05, 0.1) is 16.5 Å². The summed E-state index contributed by atoms with van der Waals surface area (Å²) in [6, 6.07) is 10.6. The zero-order valence-corrected chi connectivity index (χ0v) is 17.7. The first-order chi connectivity index (χ1) is 15.8. The molecule has 1 atom stereocenters. The van der Waals surface area contributed by atoms with E-state index in [4.69, 9.17) is 10.5 Å². The Labute approximate surface area is 187 Å². The number of nitrogens with two attached hydrogens (primary N) is 1. The maximum Gasteiger partial charge on any atom is 0.410 e. The van der Waals surface area contributed by atoms with Gasteiger partial charge in [0.1, 0.15) is 5.82 Å². The lowest BCUT2D eigenvalue weighted by molar-refractivity contribution is -0.130. The lowest BCUT2D eigenvalue weighted by atomic mass is 10.1. The van der Waals surface area contributed by atoms with Crippen molar-refractivity contribution in [2.24, 2.45) is 5.73 Å². The average Bonchev–Trinajstić information content (AvgIpc) is 3.26. The van der Waals surface area contributed by atoms with Gasteiger partial charge >= 0.3 is 6.09 Å². The summed E-state index contributed by atoms with van der Waals surface area (Å²) < 4.78 is 19.4. The lowest BCUT2D eigenvalue weighted by Gasteiger charge is -2.39. The second-order valence-corrected chi connectivity index (χ2v) is 7.71. The number of Topliss-reactive ketones (excluding diaryl/α,β-unsaturated/α-hetero) is 1. The first-order valence-electron chi connectivity index (χ1n) is 10.2. The van der Waals surface area contributed by atoms with E-state index in [1.807, 2.05) is 6.07 Å². The van der Waals surface area contributed by atoms with Crippen LogP contribution in [0.25, 0.3) is 10.9 Å². The number of rotatable bonds is 4. The minimum atomic E-state index is -1.10. The first kappa shape index (κ1) is 22.0. The van der Waals surface area contributed by atoms with E-state index in [2.05, 4.69) is 4.98 Å². The number of aromatic amines is 1. The number of benzene rings is 2. The fourth-order valence-electron chi connectivity index (χ4n) is 4.01. The van der Waals surface area contributed by atoms with E-state index in [-0.39, 0.29) is 47.8 Å². The highest BCUT2D eigenvalue weighted by Gasteiger charge is 2.34. The van der Waals surface area contributed by atoms with Crippen molar-refractivity contribution in [2.45, 2.75) is 13.0 Å². The Hall–Kier alpha value is -4.21. The number of hydrogen-bond acceptors (Lipinski definition) is 5. The molecule has 1 aliphatic rings. The molecule has 3 amide bonds. The molecule has 0 radical (unpaired) electrons. The summed E-state index contributed by atoms with van der Waals surface area (Å²) in [6.45, 7) is 2.41. The number of piperazine rings is 1. The molecule has 3 N–H and O–H groups in total. The summed E-state index contributed by atoms with van der Waals surface area (Å²) in [6.07, 6.45) is 0.0972. The Morgan fingerprint density at radius 2 is 1.82 bits per heavy atom. The number of halogens is 1. The highest BCUT2D eigenvalue weighted by atomic mass is 19.1. The van der Waals surface area contributed by atoms with Gasteiger partial charge in [0.15, 0.2) is 5.75 Å². The minimum absolute atomic E-state index is 0.0382. The molecule has 4 rings (SSSR count). The number of carbonyl (C=O) groups is 4. The van der Waals surface area contributed by atoms with Crippen LogP contribution in [-0.2, 0) is 4.79 Å². The Morgan fingerprint density at radius 1 is 1.09 bits per heavy atom. The molecule has 1 aliphatic heterocycles. The second kappa shape index (κ2) is 8.73. The third-order valence-electron chi connectivity index (χ3n) is 5.59. The van der Waals surface area contributed by atoms with Crippen molar-refractivity contribution in [2.75, 3.05) is 19.6 Å². The van der Waals surface area contributed by atoms with Crippen molar-refractivity contribution in [1.82, 2.24) is 14.8 Å². The summed E-state index contributed by atoms with van der Waals surface area (Å²) in [5.74, 6) is -2.69. The number of amides is 3. The summed E-state index contributed by atoms with van der Waals surface area (Å²) in [5.41, 5.74) is 5.43. The quantitative estimate of drug-likeness (QED) is 0.464. The van der Waals surface area contributed by atoms with Crippen LogP contribution >= 0.6 is 0 Å². The van der Waals surface area contributed by atoms with Crippen LogP contribution in [0.15, 0.2) is 48.7 Å². The predicted octanol–water partition coefficient (Wildman–Crippen LogP) is 2.32. The van der Waals surface area contributed by atoms with Gasteiger partial charge in [-0.2, -0.15) is 0 Å². The van der Waals surface area contributed by atoms with Crippen molar-refractivity contribution >= 4 is 34.6 Å². The van der Waals surface area contributed by atoms with Crippen LogP contribution in [0.4, 0.5) is 9.18 Å². The van der Waals surface area contributed by atoms with Crippen LogP contribution in [0.5, 0.6) is 5.75 Å². The molecule has 0 spiro atoms. The number of carbonyl (C=O) groups excluding carboxylic acids is 4. The molecule has 0 bridgehead atoms. The summed E-state index contributed by atoms with van der Waals surface area (Å²) in [5, 5.41) is -0.169. The number of primary amides is 1. The molecule has 1 aromatic heterocycles. The van der Waals surface area contributed by atoms with E-state index in [0.717, 1.165) is 6.07 Å². The zero-order valence-electron chi connectivity index (χ0n) is 17.7. The molecule has 0 aliphatic carbocycles. The molecule has 33 heavy (non-hydrogen) atoms. The fourth-order valence-corrected chi connectivity index (χ4v) is 4.01. The van der Waals surface area contributed by atoms with Gasteiger partial charge in [0, 0.05) is 37.4 Å². The van der Waals surface area contributed by atoms with Crippen LogP contribution in [0.3, 0.4) is 0 Å². The number of nitrogens with zero attached hydrogens (tertiary/aromatic N) is 2. The molecule has 3 aromatic rings. The maximum absolute atomic E-state index is 14.5. The molecule has 0 unspecified atom stereocenters.